The topological polar surface area (TPSA) is 97.0 Å². The minimum atomic E-state index is -1.32. The fourth-order valence-electron chi connectivity index (χ4n) is 3.38. The van der Waals surface area contributed by atoms with Crippen LogP contribution in [0.15, 0.2) is 42.5 Å². The number of nitrogens with zero attached hydrogens (tertiary/aromatic N) is 1. The van der Waals surface area contributed by atoms with E-state index in [1.165, 1.54) is 14.2 Å². The molecule has 2 aromatic rings. The maximum Gasteiger partial charge on any atom is 0.325 e. The molecular weight excluding hydrogens is 422 g/mol. The van der Waals surface area contributed by atoms with Crippen LogP contribution in [0.4, 0.5) is 4.79 Å². The highest BCUT2D eigenvalue weighted by Crippen LogP contribution is 2.35. The predicted octanol–water partition coefficient (Wildman–Crippen LogP) is 2.48. The second-order valence-corrected chi connectivity index (χ2v) is 7.68. The van der Waals surface area contributed by atoms with Crippen LogP contribution < -0.4 is 20.1 Å². The van der Waals surface area contributed by atoms with Crippen molar-refractivity contribution in [1.82, 2.24) is 15.5 Å². The van der Waals surface area contributed by atoms with Crippen molar-refractivity contribution in [2.45, 2.75) is 18.9 Å². The molecule has 2 N–H and O–H groups in total. The molecule has 0 aromatic heterocycles. The van der Waals surface area contributed by atoms with Crippen LogP contribution in [-0.4, -0.2) is 50.1 Å². The molecule has 8 nitrogen and oxygen atoms in total. The van der Waals surface area contributed by atoms with Crippen LogP contribution in [0.2, 0.25) is 5.02 Å². The quantitative estimate of drug-likeness (QED) is 0.608. The van der Waals surface area contributed by atoms with Gasteiger partial charge in [0.15, 0.2) is 11.5 Å². The third-order valence-corrected chi connectivity index (χ3v) is 5.44. The highest BCUT2D eigenvalue weighted by molar-refractivity contribution is 6.30. The molecule has 0 unspecified atom stereocenters. The average molecular weight is 446 g/mol. The zero-order chi connectivity index (χ0) is 22.6. The molecule has 2 aromatic carbocycles. The van der Waals surface area contributed by atoms with E-state index in [0.717, 1.165) is 10.5 Å². The van der Waals surface area contributed by atoms with Crippen molar-refractivity contribution in [3.63, 3.8) is 0 Å². The van der Waals surface area contributed by atoms with Crippen LogP contribution in [0.1, 0.15) is 18.1 Å². The Kier molecular flexibility index (Phi) is 6.70. The second kappa shape index (κ2) is 9.26. The Morgan fingerprint density at radius 2 is 1.77 bits per heavy atom. The first kappa shape index (κ1) is 22.4. The Bertz CT molecular complexity index is 995. The third kappa shape index (κ3) is 4.74. The molecular formula is C22H24ClN3O5. The molecule has 9 heteroatoms. The second-order valence-electron chi connectivity index (χ2n) is 7.24. The number of methoxy groups -OCH3 is 2. The summed E-state index contributed by atoms with van der Waals surface area (Å²) in [5, 5.41) is 6.05. The van der Waals surface area contributed by atoms with Crippen LogP contribution in [0.25, 0.3) is 0 Å². The molecule has 0 saturated carbocycles. The monoisotopic (exact) mass is 445 g/mol. The van der Waals surface area contributed by atoms with Crippen molar-refractivity contribution in [2.24, 2.45) is 0 Å². The molecule has 3 rings (SSSR count). The van der Waals surface area contributed by atoms with Gasteiger partial charge in [-0.15, -0.1) is 0 Å². The summed E-state index contributed by atoms with van der Waals surface area (Å²) in [4.78, 5) is 38.7. The predicted molar refractivity (Wildman–Crippen MR) is 115 cm³/mol. The van der Waals surface area contributed by atoms with E-state index in [0.29, 0.717) is 35.1 Å². The number of benzene rings is 2. The first-order chi connectivity index (χ1) is 14.8. The first-order valence-corrected chi connectivity index (χ1v) is 10.0. The molecule has 164 valence electrons. The average Bonchev–Trinajstić information content (AvgIpc) is 2.98. The first-order valence-electron chi connectivity index (χ1n) is 9.66. The summed E-state index contributed by atoms with van der Waals surface area (Å²) < 4.78 is 10.5. The van der Waals surface area contributed by atoms with Gasteiger partial charge in [0.25, 0.3) is 5.91 Å². The Labute approximate surface area is 185 Å². The number of hydrogen-bond acceptors (Lipinski definition) is 5. The van der Waals surface area contributed by atoms with Crippen LogP contribution in [0.3, 0.4) is 0 Å². The van der Waals surface area contributed by atoms with E-state index in [1.54, 1.807) is 37.3 Å². The van der Waals surface area contributed by atoms with Gasteiger partial charge in [0, 0.05) is 11.6 Å². The van der Waals surface area contributed by atoms with E-state index in [9.17, 15) is 14.4 Å². The Morgan fingerprint density at radius 1 is 1.10 bits per heavy atom. The van der Waals surface area contributed by atoms with E-state index in [1.807, 2.05) is 12.1 Å². The molecule has 1 fully saturated rings. The Morgan fingerprint density at radius 3 is 2.42 bits per heavy atom. The number of hydrogen-bond donors (Lipinski definition) is 2. The number of carbonyl (C=O) groups excluding carboxylic acids is 3. The van der Waals surface area contributed by atoms with E-state index < -0.39 is 23.4 Å². The highest BCUT2D eigenvalue weighted by atomic mass is 35.5. The lowest BCUT2D eigenvalue weighted by atomic mass is 9.91. The third-order valence-electron chi connectivity index (χ3n) is 5.19. The van der Waals surface area contributed by atoms with Crippen molar-refractivity contribution in [1.29, 1.82) is 0 Å². The van der Waals surface area contributed by atoms with Gasteiger partial charge in [0.05, 0.1) is 14.2 Å². The molecule has 1 aliphatic heterocycles. The van der Waals surface area contributed by atoms with Crippen LogP contribution >= 0.6 is 11.6 Å². The van der Waals surface area contributed by atoms with Gasteiger partial charge in [0.1, 0.15) is 12.1 Å². The SMILES string of the molecule is COc1ccc([C@]2(C)NC(=O)N(CC(=O)NCCc3ccc(Cl)cc3)C2=O)cc1OC. The summed E-state index contributed by atoms with van der Waals surface area (Å²) in [5.74, 6) is -0.00296. The highest BCUT2D eigenvalue weighted by Gasteiger charge is 2.49. The normalized spacial score (nSPS) is 18.0. The summed E-state index contributed by atoms with van der Waals surface area (Å²) in [6.45, 7) is 1.60. The molecule has 1 aliphatic rings. The summed E-state index contributed by atoms with van der Waals surface area (Å²) in [6.07, 6.45) is 0.604. The van der Waals surface area contributed by atoms with Gasteiger partial charge in [0.2, 0.25) is 5.91 Å². The van der Waals surface area contributed by atoms with Crippen molar-refractivity contribution in [3.8, 4) is 11.5 Å². The molecule has 0 spiro atoms. The molecule has 1 saturated heterocycles. The largest absolute Gasteiger partial charge is 0.493 e. The maximum absolute atomic E-state index is 13.0. The minimum absolute atomic E-state index is 0.367. The zero-order valence-electron chi connectivity index (χ0n) is 17.5. The maximum atomic E-state index is 13.0. The minimum Gasteiger partial charge on any atom is -0.493 e. The van der Waals surface area contributed by atoms with Crippen molar-refractivity contribution in [3.05, 3.63) is 58.6 Å². The van der Waals surface area contributed by atoms with Crippen LogP contribution in [0.5, 0.6) is 11.5 Å². The number of halogens is 1. The number of urea groups is 1. The van der Waals surface area contributed by atoms with Gasteiger partial charge in [-0.1, -0.05) is 29.8 Å². The lowest BCUT2D eigenvalue weighted by Gasteiger charge is -2.23. The molecule has 4 amide bonds. The molecule has 0 aliphatic carbocycles. The summed E-state index contributed by atoms with van der Waals surface area (Å²) in [5.41, 5.74) is 0.218. The van der Waals surface area contributed by atoms with Gasteiger partial charge in [-0.3, -0.25) is 14.5 Å². The van der Waals surface area contributed by atoms with E-state index in [4.69, 9.17) is 21.1 Å². The number of ether oxygens (including phenoxy) is 2. The zero-order valence-corrected chi connectivity index (χ0v) is 18.3. The van der Waals surface area contributed by atoms with Crippen molar-refractivity contribution >= 4 is 29.4 Å². The Balaban J connectivity index is 1.64. The van der Waals surface area contributed by atoms with Gasteiger partial charge in [-0.2, -0.15) is 0 Å². The van der Waals surface area contributed by atoms with E-state index in [-0.39, 0.29) is 6.54 Å². The lowest BCUT2D eigenvalue weighted by Crippen LogP contribution is -2.43. The molecule has 31 heavy (non-hydrogen) atoms. The molecule has 0 radical (unpaired) electrons. The summed E-state index contributed by atoms with van der Waals surface area (Å²) in [6, 6.07) is 11.6. The Hall–Kier alpha value is -3.26. The smallest absolute Gasteiger partial charge is 0.325 e. The van der Waals surface area contributed by atoms with Gasteiger partial charge in [-0.25, -0.2) is 4.79 Å². The van der Waals surface area contributed by atoms with E-state index >= 15 is 0 Å². The van der Waals surface area contributed by atoms with Crippen molar-refractivity contribution < 1.29 is 23.9 Å². The fraction of sp³-hybridized carbons (Fsp3) is 0.318. The number of rotatable bonds is 8. The molecule has 1 atom stereocenters. The molecule has 0 bridgehead atoms. The van der Waals surface area contributed by atoms with Gasteiger partial charge >= 0.3 is 6.03 Å². The molecule has 1 heterocycles. The van der Waals surface area contributed by atoms with Crippen LogP contribution in [-0.2, 0) is 21.5 Å². The summed E-state index contributed by atoms with van der Waals surface area (Å²) >= 11 is 5.86. The standard InChI is InChI=1S/C22H24ClN3O5/c1-22(15-6-9-17(30-2)18(12-15)31-3)20(28)26(21(29)25-22)13-19(27)24-11-10-14-4-7-16(23)8-5-14/h4-9,12H,10-11,13H2,1-3H3,(H,24,27)(H,25,29)/t22-/m0/s1. The lowest BCUT2D eigenvalue weighted by molar-refractivity contribution is -0.134. The fourth-order valence-corrected chi connectivity index (χ4v) is 3.51. The number of nitrogens with one attached hydrogen (secondary N) is 2. The number of amides is 4. The number of carbonyl (C=O) groups is 3. The van der Waals surface area contributed by atoms with Crippen molar-refractivity contribution in [2.75, 3.05) is 27.3 Å². The van der Waals surface area contributed by atoms with Crippen LogP contribution in [0, 0.1) is 0 Å². The number of imide groups is 1. The summed E-state index contributed by atoms with van der Waals surface area (Å²) in [7, 11) is 2.99. The van der Waals surface area contributed by atoms with E-state index in [2.05, 4.69) is 10.6 Å². The van der Waals surface area contributed by atoms with Gasteiger partial charge < -0.3 is 20.1 Å². The van der Waals surface area contributed by atoms with Gasteiger partial charge in [-0.05, 0) is 48.7 Å².